The summed E-state index contributed by atoms with van der Waals surface area (Å²) in [5.74, 6) is -2.51. The molecule has 0 saturated heterocycles. The van der Waals surface area contributed by atoms with E-state index in [1.807, 2.05) is 74.5 Å². The van der Waals surface area contributed by atoms with E-state index in [1.165, 1.54) is 0 Å². The molecule has 3 atom stereocenters. The van der Waals surface area contributed by atoms with Crippen LogP contribution in [0.25, 0.3) is 0 Å². The maximum Gasteiger partial charge on any atom is 0.252 e. The summed E-state index contributed by atoms with van der Waals surface area (Å²) in [5.41, 5.74) is 19.2. The van der Waals surface area contributed by atoms with E-state index in [0.29, 0.717) is 32.0 Å². The topological polar surface area (TPSA) is 203 Å². The van der Waals surface area contributed by atoms with Gasteiger partial charge in [0.1, 0.15) is 12.3 Å². The Bertz CT molecular complexity index is 1280. The molecule has 12 nitrogen and oxygen atoms in total. The molecule has 0 heterocycles. The average Bonchev–Trinajstić information content (AvgIpc) is 3.04. The molecule has 0 aromatic heterocycles. The molecule has 0 aliphatic rings. The van der Waals surface area contributed by atoms with E-state index in [9.17, 15) is 24.0 Å². The van der Waals surface area contributed by atoms with Crippen LogP contribution in [0.5, 0.6) is 0 Å². The van der Waals surface area contributed by atoms with Gasteiger partial charge >= 0.3 is 0 Å². The number of aliphatic imine (C=N–C) groups is 1. The minimum atomic E-state index is -1.14. The lowest BCUT2D eigenvalue weighted by molar-refractivity contribution is -0.153. The van der Waals surface area contributed by atoms with Crippen LogP contribution in [0.4, 0.5) is 0 Å². The van der Waals surface area contributed by atoms with Crippen molar-refractivity contribution in [2.24, 2.45) is 28.1 Å². The molecular formula is C34H49N7O5. The van der Waals surface area contributed by atoms with Crippen LogP contribution in [0.2, 0.25) is 0 Å². The molecule has 0 fully saturated rings. The van der Waals surface area contributed by atoms with Crippen LogP contribution in [0.3, 0.4) is 0 Å². The van der Waals surface area contributed by atoms with Crippen molar-refractivity contribution in [2.75, 3.05) is 13.1 Å². The molecular weight excluding hydrogens is 586 g/mol. The van der Waals surface area contributed by atoms with Crippen molar-refractivity contribution in [2.45, 2.75) is 83.3 Å². The third kappa shape index (κ3) is 14.0. The third-order valence-corrected chi connectivity index (χ3v) is 7.33. The van der Waals surface area contributed by atoms with Crippen molar-refractivity contribution < 1.29 is 24.0 Å². The van der Waals surface area contributed by atoms with E-state index < -0.39 is 35.8 Å². The molecule has 0 aliphatic heterocycles. The number of carbonyl (C=O) groups excluding carboxylic acids is 5. The molecule has 0 aliphatic carbocycles. The highest BCUT2D eigenvalue weighted by molar-refractivity contribution is 6.03. The fourth-order valence-electron chi connectivity index (χ4n) is 4.95. The molecule has 0 saturated carbocycles. The molecule has 12 heteroatoms. The first kappa shape index (κ1) is 37.6. The number of rotatable bonds is 20. The lowest BCUT2D eigenvalue weighted by Crippen LogP contribution is -2.59. The minimum Gasteiger partial charge on any atom is -0.370 e. The van der Waals surface area contributed by atoms with Crippen LogP contribution in [-0.4, -0.2) is 72.0 Å². The van der Waals surface area contributed by atoms with Crippen molar-refractivity contribution >= 4 is 35.9 Å². The number of hydrogen-bond acceptors (Lipinski definition) is 7. The van der Waals surface area contributed by atoms with Crippen molar-refractivity contribution in [1.82, 2.24) is 15.5 Å². The first-order valence-corrected chi connectivity index (χ1v) is 15.8. The first-order chi connectivity index (χ1) is 22.0. The number of nitrogens with one attached hydrogen (secondary N) is 2. The Kier molecular flexibility index (Phi) is 16.7. The molecule has 2 aromatic carbocycles. The van der Waals surface area contributed by atoms with Gasteiger partial charge in [0.2, 0.25) is 17.7 Å². The van der Waals surface area contributed by atoms with Gasteiger partial charge in [0.25, 0.3) is 5.91 Å². The smallest absolute Gasteiger partial charge is 0.252 e. The second-order valence-corrected chi connectivity index (χ2v) is 11.7. The van der Waals surface area contributed by atoms with Crippen LogP contribution in [0, 0.1) is 5.92 Å². The van der Waals surface area contributed by atoms with Crippen LogP contribution >= 0.6 is 0 Å². The number of nitrogens with two attached hydrogens (primary N) is 3. The Labute approximate surface area is 271 Å². The number of aldehydes is 1. The maximum atomic E-state index is 14.0. The summed E-state index contributed by atoms with van der Waals surface area (Å²) < 4.78 is 0. The maximum absolute atomic E-state index is 14.0. The van der Waals surface area contributed by atoms with Crippen LogP contribution in [0.15, 0.2) is 65.7 Å². The van der Waals surface area contributed by atoms with Crippen LogP contribution < -0.4 is 27.8 Å². The van der Waals surface area contributed by atoms with Crippen LogP contribution in [0.1, 0.15) is 63.5 Å². The van der Waals surface area contributed by atoms with E-state index in [2.05, 4.69) is 15.6 Å². The summed E-state index contributed by atoms with van der Waals surface area (Å²) in [6.45, 7) is 3.58. The van der Waals surface area contributed by atoms with Gasteiger partial charge in [0.15, 0.2) is 5.96 Å². The van der Waals surface area contributed by atoms with Gasteiger partial charge in [-0.05, 0) is 62.0 Å². The van der Waals surface area contributed by atoms with Gasteiger partial charge in [-0.25, -0.2) is 0 Å². The molecule has 0 radical (unpaired) electrons. The monoisotopic (exact) mass is 635 g/mol. The van der Waals surface area contributed by atoms with Gasteiger partial charge in [0.05, 0.1) is 18.6 Å². The van der Waals surface area contributed by atoms with Crippen molar-refractivity contribution in [3.05, 3.63) is 71.8 Å². The van der Waals surface area contributed by atoms with Gasteiger partial charge < -0.3 is 32.6 Å². The molecule has 46 heavy (non-hydrogen) atoms. The number of carbonyl (C=O) groups is 5. The van der Waals surface area contributed by atoms with E-state index in [-0.39, 0.29) is 56.6 Å². The summed E-state index contributed by atoms with van der Waals surface area (Å²) in [7, 11) is 0. The summed E-state index contributed by atoms with van der Waals surface area (Å²) in [6.07, 6.45) is 3.42. The molecule has 2 rings (SSSR count). The van der Waals surface area contributed by atoms with Crippen molar-refractivity contribution in [3.63, 3.8) is 0 Å². The van der Waals surface area contributed by atoms with Crippen LogP contribution in [-0.2, 0) is 36.8 Å². The van der Waals surface area contributed by atoms with Crippen molar-refractivity contribution in [3.8, 4) is 0 Å². The molecule has 0 bridgehead atoms. The van der Waals surface area contributed by atoms with Gasteiger partial charge in [-0.15, -0.1) is 0 Å². The zero-order valence-electron chi connectivity index (χ0n) is 26.9. The van der Waals surface area contributed by atoms with Gasteiger partial charge in [-0.2, -0.15) is 0 Å². The highest BCUT2D eigenvalue weighted by Crippen LogP contribution is 2.16. The number of guanidine groups is 1. The van der Waals surface area contributed by atoms with E-state index >= 15 is 0 Å². The molecule has 8 N–H and O–H groups in total. The molecule has 2 aromatic rings. The Morgan fingerprint density at radius 3 is 2.02 bits per heavy atom. The molecule has 0 spiro atoms. The standard InChI is InChI=1S/C34H49N7O5/c1-24(2)21-29(40-31(44)22-39-30(43)19-18-26-13-7-4-8-14-26)33(46)41(27(23-42)16-10-20-38-34(36)37)32(45)28(35)17-9-15-25-11-5-3-6-12-25/h3-8,11-14,23-24,27-29H,9-10,15-22,35H2,1-2H3,(H,39,43)(H,40,44)(H4,36,37,38)/t27-,28+,29-/m0/s1. The van der Waals surface area contributed by atoms with Gasteiger partial charge in [0, 0.05) is 13.0 Å². The van der Waals surface area contributed by atoms with E-state index in [0.717, 1.165) is 16.0 Å². The lowest BCUT2D eigenvalue weighted by atomic mass is 9.99. The second kappa shape index (κ2) is 20.5. The number of benzene rings is 2. The second-order valence-electron chi connectivity index (χ2n) is 11.7. The normalized spacial score (nSPS) is 12.8. The third-order valence-electron chi connectivity index (χ3n) is 7.33. The highest BCUT2D eigenvalue weighted by atomic mass is 16.2. The zero-order valence-corrected chi connectivity index (χ0v) is 26.9. The minimum absolute atomic E-state index is 0.0530. The fraction of sp³-hybridized carbons (Fsp3) is 0.471. The van der Waals surface area contributed by atoms with Gasteiger partial charge in [-0.3, -0.25) is 29.1 Å². The SMILES string of the molecule is CC(C)C[C@H](NC(=O)CNC(=O)CCc1ccccc1)C(=O)N(C(=O)[C@H](N)CCCc1ccccc1)[C@H](C=O)CCCN=C(N)N. The number of hydrogen-bond donors (Lipinski definition) is 5. The molecule has 0 unspecified atom stereocenters. The summed E-state index contributed by atoms with van der Waals surface area (Å²) in [6, 6.07) is 15.9. The summed E-state index contributed by atoms with van der Waals surface area (Å²) in [5, 5.41) is 5.25. The first-order valence-electron chi connectivity index (χ1n) is 15.8. The van der Waals surface area contributed by atoms with E-state index in [1.54, 1.807) is 0 Å². The number of amides is 4. The summed E-state index contributed by atoms with van der Waals surface area (Å²) in [4.78, 5) is 70.2. The Balaban J connectivity index is 2.15. The average molecular weight is 636 g/mol. The molecule has 250 valence electrons. The van der Waals surface area contributed by atoms with Crippen molar-refractivity contribution in [1.29, 1.82) is 0 Å². The number of aryl methyl sites for hydroxylation is 2. The lowest BCUT2D eigenvalue weighted by Gasteiger charge is -2.32. The molecule has 4 amide bonds. The zero-order chi connectivity index (χ0) is 33.9. The highest BCUT2D eigenvalue weighted by Gasteiger charge is 2.37. The summed E-state index contributed by atoms with van der Waals surface area (Å²) >= 11 is 0. The fourth-order valence-corrected chi connectivity index (χ4v) is 4.95. The Morgan fingerprint density at radius 1 is 0.848 bits per heavy atom. The van der Waals surface area contributed by atoms with Gasteiger partial charge in [-0.1, -0.05) is 74.5 Å². The number of imide groups is 1. The Morgan fingerprint density at radius 2 is 1.46 bits per heavy atom. The Hall–Kier alpha value is -4.58. The predicted molar refractivity (Wildman–Crippen MR) is 178 cm³/mol. The largest absolute Gasteiger partial charge is 0.370 e. The number of nitrogens with zero attached hydrogens (tertiary/aromatic N) is 2. The predicted octanol–water partition coefficient (Wildman–Crippen LogP) is 1.59. The van der Waals surface area contributed by atoms with E-state index in [4.69, 9.17) is 17.2 Å². The quantitative estimate of drug-likeness (QED) is 0.0624.